The van der Waals surface area contributed by atoms with Crippen LogP contribution in [-0.4, -0.2) is 15.9 Å². The molecule has 0 saturated heterocycles. The highest BCUT2D eigenvalue weighted by Gasteiger charge is 2.15. The Hall–Kier alpha value is -2.27. The molecule has 3 rings (SSSR count). The van der Waals surface area contributed by atoms with E-state index >= 15 is 0 Å². The van der Waals surface area contributed by atoms with Crippen LogP contribution in [-0.2, 0) is 6.42 Å². The van der Waals surface area contributed by atoms with Crippen LogP contribution in [0.4, 0.5) is 0 Å². The minimum absolute atomic E-state index is 0.135. The lowest BCUT2D eigenvalue weighted by molar-refractivity contribution is 0.613. The molecule has 1 aromatic heterocycles. The van der Waals surface area contributed by atoms with E-state index < -0.39 is 0 Å². The lowest BCUT2D eigenvalue weighted by atomic mass is 10.1. The van der Waals surface area contributed by atoms with Gasteiger partial charge >= 0.3 is 0 Å². The van der Waals surface area contributed by atoms with Crippen LogP contribution in [0.25, 0.3) is 10.9 Å². The lowest BCUT2D eigenvalue weighted by Gasteiger charge is -2.14. The molecule has 0 saturated carbocycles. The predicted molar refractivity (Wildman–Crippen MR) is 111 cm³/mol. The average Bonchev–Trinajstić information content (AvgIpc) is 2.67. The molecule has 3 aromatic rings. The molecule has 1 heterocycles. The highest BCUT2D eigenvalue weighted by Crippen LogP contribution is 2.20. The summed E-state index contributed by atoms with van der Waals surface area (Å²) in [5.74, 6) is 0.823. The smallest absolute Gasteiger partial charge is 0.267 e. The third kappa shape index (κ3) is 3.78. The number of halogens is 1. The number of benzene rings is 2. The Labute approximate surface area is 161 Å². The van der Waals surface area contributed by atoms with Gasteiger partial charge in [-0.1, -0.05) is 61.0 Å². The molecule has 0 unspecified atom stereocenters. The van der Waals surface area contributed by atoms with E-state index in [0.29, 0.717) is 16.7 Å². The van der Waals surface area contributed by atoms with Crippen LogP contribution < -0.4 is 5.56 Å². The second-order valence-electron chi connectivity index (χ2n) is 6.40. The maximum Gasteiger partial charge on any atom is 0.282 e. The molecular weight excluding hydrogens is 390 g/mol. The summed E-state index contributed by atoms with van der Waals surface area (Å²) in [7, 11) is 0. The summed E-state index contributed by atoms with van der Waals surface area (Å²) in [5, 5.41) is 5.04. The van der Waals surface area contributed by atoms with Crippen molar-refractivity contribution in [3.05, 3.63) is 74.2 Å². The highest BCUT2D eigenvalue weighted by molar-refractivity contribution is 9.10. The Morgan fingerprint density at radius 3 is 2.58 bits per heavy atom. The Bertz CT molecular complexity index is 1010. The molecular formula is C21H22BrN3O. The first-order valence-electron chi connectivity index (χ1n) is 8.89. The summed E-state index contributed by atoms with van der Waals surface area (Å²) in [4.78, 5) is 17.7. The summed E-state index contributed by atoms with van der Waals surface area (Å²) in [6, 6.07) is 13.8. The summed E-state index contributed by atoms with van der Waals surface area (Å²) in [5.41, 5.74) is 2.79. The molecule has 26 heavy (non-hydrogen) atoms. The monoisotopic (exact) mass is 411 g/mol. The quantitative estimate of drug-likeness (QED) is 0.547. The van der Waals surface area contributed by atoms with Gasteiger partial charge in [-0.15, -0.1) is 0 Å². The fourth-order valence-electron chi connectivity index (χ4n) is 2.74. The van der Waals surface area contributed by atoms with E-state index in [4.69, 9.17) is 4.98 Å². The van der Waals surface area contributed by atoms with Gasteiger partial charge < -0.3 is 0 Å². The van der Waals surface area contributed by atoms with Gasteiger partial charge in [0.15, 0.2) is 0 Å². The largest absolute Gasteiger partial charge is 0.282 e. The number of nitrogens with zero attached hydrogens (tertiary/aromatic N) is 3. The first-order chi connectivity index (χ1) is 12.5. The molecule has 1 atom stereocenters. The number of aryl methyl sites for hydroxylation is 1. The summed E-state index contributed by atoms with van der Waals surface area (Å²) in [6.07, 6.45) is 3.60. The molecule has 0 spiro atoms. The number of aromatic nitrogens is 2. The van der Waals surface area contributed by atoms with Crippen LogP contribution in [0.15, 0.2) is 56.8 Å². The van der Waals surface area contributed by atoms with Crippen LogP contribution in [0.2, 0.25) is 0 Å². The van der Waals surface area contributed by atoms with Crippen molar-refractivity contribution >= 4 is 33.0 Å². The lowest BCUT2D eigenvalue weighted by Crippen LogP contribution is -2.23. The van der Waals surface area contributed by atoms with Gasteiger partial charge in [0.05, 0.1) is 17.1 Å². The molecule has 0 bridgehead atoms. The molecule has 0 aliphatic heterocycles. The van der Waals surface area contributed by atoms with Crippen molar-refractivity contribution in [3.63, 3.8) is 0 Å². The third-order valence-electron chi connectivity index (χ3n) is 4.60. The number of hydrogen-bond acceptors (Lipinski definition) is 3. The van der Waals surface area contributed by atoms with Crippen molar-refractivity contribution < 1.29 is 0 Å². The Morgan fingerprint density at radius 1 is 1.19 bits per heavy atom. The zero-order valence-electron chi connectivity index (χ0n) is 15.2. The second kappa shape index (κ2) is 7.96. The van der Waals surface area contributed by atoms with Gasteiger partial charge in [0.25, 0.3) is 5.56 Å². The average molecular weight is 412 g/mol. The fourth-order valence-corrected chi connectivity index (χ4v) is 3.10. The number of rotatable bonds is 5. The van der Waals surface area contributed by atoms with E-state index in [1.54, 1.807) is 12.3 Å². The van der Waals surface area contributed by atoms with E-state index in [1.807, 2.05) is 24.3 Å². The van der Waals surface area contributed by atoms with E-state index in [9.17, 15) is 4.79 Å². The summed E-state index contributed by atoms with van der Waals surface area (Å²) < 4.78 is 2.29. The molecule has 0 aliphatic rings. The number of fused-ring (bicyclic) bond motifs is 1. The van der Waals surface area contributed by atoms with Crippen LogP contribution in [0.5, 0.6) is 0 Å². The van der Waals surface area contributed by atoms with Gasteiger partial charge in [-0.3, -0.25) is 4.79 Å². The van der Waals surface area contributed by atoms with Crippen molar-refractivity contribution in [2.75, 3.05) is 0 Å². The van der Waals surface area contributed by atoms with Crippen LogP contribution in [0, 0.1) is 0 Å². The maximum atomic E-state index is 13.0. The van der Waals surface area contributed by atoms with Crippen LogP contribution in [0.1, 0.15) is 50.1 Å². The predicted octanol–water partition coefficient (Wildman–Crippen LogP) is 5.12. The Kier molecular flexibility index (Phi) is 5.67. The van der Waals surface area contributed by atoms with Gasteiger partial charge in [0.1, 0.15) is 5.82 Å². The van der Waals surface area contributed by atoms with Gasteiger partial charge in [-0.2, -0.15) is 9.78 Å². The molecule has 0 N–H and O–H groups in total. The van der Waals surface area contributed by atoms with Crippen LogP contribution in [0.3, 0.4) is 0 Å². The van der Waals surface area contributed by atoms with Crippen molar-refractivity contribution in [3.8, 4) is 0 Å². The van der Waals surface area contributed by atoms with Crippen molar-refractivity contribution in [2.24, 2.45) is 5.10 Å². The zero-order chi connectivity index (χ0) is 18.7. The van der Waals surface area contributed by atoms with Crippen molar-refractivity contribution in [1.82, 2.24) is 9.66 Å². The van der Waals surface area contributed by atoms with E-state index in [1.165, 1.54) is 10.2 Å². The topological polar surface area (TPSA) is 47.2 Å². The molecule has 0 amide bonds. The minimum Gasteiger partial charge on any atom is -0.267 e. The van der Waals surface area contributed by atoms with Gasteiger partial charge in [0.2, 0.25) is 0 Å². The van der Waals surface area contributed by atoms with E-state index in [2.05, 4.69) is 53.9 Å². The minimum atomic E-state index is -0.145. The molecule has 4 nitrogen and oxygen atoms in total. The second-order valence-corrected chi connectivity index (χ2v) is 7.31. The molecule has 0 radical (unpaired) electrons. The number of hydrogen-bond donors (Lipinski definition) is 0. The SMILES string of the molecule is CCc1ccc(C=Nn2c([C@@H](C)CC)nc3ccc(Br)cc3c2=O)cc1. The summed E-state index contributed by atoms with van der Waals surface area (Å²) in [6.45, 7) is 6.27. The normalized spacial score (nSPS) is 12.8. The third-order valence-corrected chi connectivity index (χ3v) is 5.09. The Balaban J connectivity index is 2.13. The van der Waals surface area contributed by atoms with E-state index in [0.717, 1.165) is 22.9 Å². The molecule has 0 aliphatic carbocycles. The fraction of sp³-hybridized carbons (Fsp3) is 0.286. The van der Waals surface area contributed by atoms with Gasteiger partial charge in [0, 0.05) is 10.4 Å². The Morgan fingerprint density at radius 2 is 1.92 bits per heavy atom. The first-order valence-corrected chi connectivity index (χ1v) is 9.68. The molecule has 2 aromatic carbocycles. The van der Waals surface area contributed by atoms with Crippen molar-refractivity contribution in [1.29, 1.82) is 0 Å². The van der Waals surface area contributed by atoms with Crippen molar-refractivity contribution in [2.45, 2.75) is 39.5 Å². The first kappa shape index (κ1) is 18.5. The maximum absolute atomic E-state index is 13.0. The zero-order valence-corrected chi connectivity index (χ0v) is 16.8. The van der Waals surface area contributed by atoms with Gasteiger partial charge in [-0.05, 0) is 42.2 Å². The molecule has 134 valence electrons. The van der Waals surface area contributed by atoms with E-state index in [-0.39, 0.29) is 11.5 Å². The highest BCUT2D eigenvalue weighted by atomic mass is 79.9. The van der Waals surface area contributed by atoms with Crippen LogP contribution >= 0.6 is 15.9 Å². The standard InChI is InChI=1S/C21H22BrN3O/c1-4-14(3)20-24-19-11-10-17(22)12-18(19)21(26)25(20)23-13-16-8-6-15(5-2)7-9-16/h6-14H,4-5H2,1-3H3/t14-/m0/s1. The molecule has 5 heteroatoms. The molecule has 0 fully saturated rings. The van der Waals surface area contributed by atoms with Gasteiger partial charge in [-0.25, -0.2) is 4.98 Å². The summed E-state index contributed by atoms with van der Waals surface area (Å²) >= 11 is 3.43.